The van der Waals surface area contributed by atoms with Crippen molar-refractivity contribution in [3.05, 3.63) is 72.9 Å². The van der Waals surface area contributed by atoms with E-state index in [1.54, 1.807) is 6.08 Å². The maximum Gasteiger partial charge on any atom is 0.220 e. The predicted octanol–water partition coefficient (Wildman–Crippen LogP) is 17.2. The number of nitrogens with one attached hydrogen (secondary N) is 1. The van der Waals surface area contributed by atoms with Crippen molar-refractivity contribution in [2.45, 2.75) is 339 Å². The van der Waals surface area contributed by atoms with Gasteiger partial charge in [0.25, 0.3) is 0 Å². The van der Waals surface area contributed by atoms with Crippen molar-refractivity contribution in [1.29, 1.82) is 0 Å². The normalized spacial score (nSPS) is 19.2. The Bertz CT molecular complexity index is 1440. The minimum atomic E-state index is -1.58. The van der Waals surface area contributed by atoms with Crippen LogP contribution < -0.4 is 5.32 Å². The van der Waals surface area contributed by atoms with Crippen LogP contribution in [-0.2, 0) is 14.3 Å². The molecule has 6 N–H and O–H groups in total. The van der Waals surface area contributed by atoms with Gasteiger partial charge in [-0.05, 0) is 83.5 Å². The quantitative estimate of drug-likeness (QED) is 0.0261. The molecular weight excluding hydrogens is 959 g/mol. The molecule has 1 aliphatic heterocycles. The lowest BCUT2D eigenvalue weighted by molar-refractivity contribution is -0.302. The van der Waals surface area contributed by atoms with E-state index in [1.165, 1.54) is 218 Å². The Labute approximate surface area is 474 Å². The molecule has 1 fully saturated rings. The number of allylic oxidation sites excluding steroid dienone is 11. The Kier molecular flexibility index (Phi) is 53.7. The van der Waals surface area contributed by atoms with Crippen LogP contribution in [0.2, 0.25) is 0 Å². The van der Waals surface area contributed by atoms with Crippen LogP contribution in [0.3, 0.4) is 0 Å². The van der Waals surface area contributed by atoms with E-state index in [4.69, 9.17) is 9.47 Å². The summed E-state index contributed by atoms with van der Waals surface area (Å²) in [5.74, 6) is -0.192. The lowest BCUT2D eigenvalue weighted by Crippen LogP contribution is -2.60. The molecule has 7 unspecified atom stereocenters. The van der Waals surface area contributed by atoms with E-state index in [0.717, 1.165) is 57.8 Å². The Balaban J connectivity index is 2.21. The number of amides is 1. The minimum Gasteiger partial charge on any atom is -0.394 e. The smallest absolute Gasteiger partial charge is 0.220 e. The number of rotatable bonds is 56. The van der Waals surface area contributed by atoms with E-state index in [1.807, 2.05) is 6.08 Å². The second-order valence-corrected chi connectivity index (χ2v) is 22.5. The van der Waals surface area contributed by atoms with Gasteiger partial charge in [-0.3, -0.25) is 4.79 Å². The zero-order valence-corrected chi connectivity index (χ0v) is 50.0. The summed E-state index contributed by atoms with van der Waals surface area (Å²) in [7, 11) is 0. The third-order valence-corrected chi connectivity index (χ3v) is 15.2. The summed E-state index contributed by atoms with van der Waals surface area (Å²) in [6.07, 6.45) is 72.7. The second kappa shape index (κ2) is 56.9. The molecule has 0 aromatic carbocycles. The maximum absolute atomic E-state index is 13.1. The van der Waals surface area contributed by atoms with E-state index < -0.39 is 49.5 Å². The first-order valence-electron chi connectivity index (χ1n) is 32.7. The molecule has 77 heavy (non-hydrogen) atoms. The van der Waals surface area contributed by atoms with Crippen LogP contribution in [0.15, 0.2) is 72.9 Å². The molecular formula is C68H123NO8. The summed E-state index contributed by atoms with van der Waals surface area (Å²) in [5, 5.41) is 54.6. The van der Waals surface area contributed by atoms with Crippen LogP contribution in [0.4, 0.5) is 0 Å². The molecule has 0 saturated carbocycles. The van der Waals surface area contributed by atoms with Crippen molar-refractivity contribution in [3.63, 3.8) is 0 Å². The number of aliphatic hydroxyl groups excluding tert-OH is 5. The van der Waals surface area contributed by atoms with Gasteiger partial charge in [-0.15, -0.1) is 0 Å². The first-order valence-corrected chi connectivity index (χ1v) is 32.7. The van der Waals surface area contributed by atoms with Crippen molar-refractivity contribution in [2.24, 2.45) is 0 Å². The number of aliphatic hydroxyl groups is 5. The number of ether oxygens (including phenoxy) is 2. The van der Waals surface area contributed by atoms with Crippen LogP contribution in [0.5, 0.6) is 0 Å². The monoisotopic (exact) mass is 1080 g/mol. The molecule has 0 aromatic heterocycles. The molecule has 1 aliphatic rings. The number of hydrogen-bond donors (Lipinski definition) is 6. The van der Waals surface area contributed by atoms with Crippen LogP contribution in [0.1, 0.15) is 296 Å². The fourth-order valence-electron chi connectivity index (χ4n) is 10.1. The van der Waals surface area contributed by atoms with Gasteiger partial charge in [-0.1, -0.05) is 279 Å². The maximum atomic E-state index is 13.1. The van der Waals surface area contributed by atoms with Gasteiger partial charge < -0.3 is 40.3 Å². The summed E-state index contributed by atoms with van der Waals surface area (Å²) in [6.45, 7) is 3.77. The fraction of sp³-hybridized carbons (Fsp3) is 0.809. The van der Waals surface area contributed by atoms with Gasteiger partial charge in [0, 0.05) is 6.42 Å². The average Bonchev–Trinajstić information content (AvgIpc) is 3.43. The lowest BCUT2D eigenvalue weighted by Gasteiger charge is -2.40. The third kappa shape index (κ3) is 46.0. The second-order valence-electron chi connectivity index (χ2n) is 22.5. The first kappa shape index (κ1) is 72.6. The molecule has 1 saturated heterocycles. The van der Waals surface area contributed by atoms with Crippen LogP contribution in [0.25, 0.3) is 0 Å². The van der Waals surface area contributed by atoms with Crippen molar-refractivity contribution in [3.8, 4) is 0 Å². The first-order chi connectivity index (χ1) is 37.8. The molecule has 448 valence electrons. The van der Waals surface area contributed by atoms with Gasteiger partial charge in [-0.25, -0.2) is 0 Å². The predicted molar refractivity (Wildman–Crippen MR) is 327 cm³/mol. The number of carbonyl (C=O) groups excluding carboxylic acids is 1. The van der Waals surface area contributed by atoms with Crippen LogP contribution >= 0.6 is 0 Å². The van der Waals surface area contributed by atoms with Crippen molar-refractivity contribution >= 4 is 5.91 Å². The molecule has 9 nitrogen and oxygen atoms in total. The average molecular weight is 1080 g/mol. The van der Waals surface area contributed by atoms with Gasteiger partial charge in [-0.2, -0.15) is 0 Å². The summed E-state index contributed by atoms with van der Waals surface area (Å²) >= 11 is 0. The Morgan fingerprint density at radius 3 is 1.18 bits per heavy atom. The summed E-state index contributed by atoms with van der Waals surface area (Å²) < 4.78 is 11.3. The van der Waals surface area contributed by atoms with Gasteiger partial charge >= 0.3 is 0 Å². The highest BCUT2D eigenvalue weighted by molar-refractivity contribution is 5.76. The Hall–Kier alpha value is -2.37. The molecule has 0 aromatic rings. The zero-order chi connectivity index (χ0) is 55.8. The van der Waals surface area contributed by atoms with E-state index >= 15 is 0 Å². The third-order valence-electron chi connectivity index (χ3n) is 15.2. The molecule has 1 heterocycles. The van der Waals surface area contributed by atoms with Gasteiger partial charge in [0.15, 0.2) is 6.29 Å². The highest BCUT2D eigenvalue weighted by Gasteiger charge is 2.44. The molecule has 0 spiro atoms. The van der Waals surface area contributed by atoms with Crippen molar-refractivity contribution < 1.29 is 39.8 Å². The van der Waals surface area contributed by atoms with Crippen molar-refractivity contribution in [2.75, 3.05) is 13.2 Å². The fourth-order valence-corrected chi connectivity index (χ4v) is 10.1. The molecule has 0 radical (unpaired) electrons. The summed E-state index contributed by atoms with van der Waals surface area (Å²) in [4.78, 5) is 13.1. The Morgan fingerprint density at radius 1 is 0.442 bits per heavy atom. The van der Waals surface area contributed by atoms with Gasteiger partial charge in [0.1, 0.15) is 24.4 Å². The highest BCUT2D eigenvalue weighted by Crippen LogP contribution is 2.23. The number of hydrogen-bond acceptors (Lipinski definition) is 8. The van der Waals surface area contributed by atoms with Gasteiger partial charge in [0.2, 0.25) is 5.91 Å². The largest absolute Gasteiger partial charge is 0.394 e. The number of carbonyl (C=O) groups is 1. The molecule has 0 bridgehead atoms. The standard InChI is InChI=1S/C68H123NO8/c1-3-5-7-9-11-13-15-17-19-21-23-25-27-29-31-33-35-37-39-41-43-45-47-49-51-53-55-57-62(71)61(60-76-68-67(75)66(74)65(73)63(59-70)77-68)69-64(72)58-56-54-52-50-48-46-44-42-40-38-36-34-32-30-28-26-24-22-20-18-16-14-12-10-8-6-4-2/h16,18,22,24,28,30,39,41,47,49,55,57,61-63,65-68,70-71,73-75H,3-15,17,19-21,23,25-27,29,31-38,40,42-46,48,50-54,56,58-60H2,1-2H3,(H,69,72)/b18-16-,24-22-,30-28-,41-39+,49-47+,57-55+. The molecule has 1 rings (SSSR count). The van der Waals surface area contributed by atoms with Crippen molar-refractivity contribution in [1.82, 2.24) is 5.32 Å². The van der Waals surface area contributed by atoms with E-state index in [-0.39, 0.29) is 12.5 Å². The molecule has 9 heteroatoms. The minimum absolute atomic E-state index is 0.192. The lowest BCUT2D eigenvalue weighted by atomic mass is 9.99. The molecule has 1 amide bonds. The molecule has 0 aliphatic carbocycles. The number of unbranched alkanes of at least 4 members (excludes halogenated alkanes) is 36. The van der Waals surface area contributed by atoms with Crippen LogP contribution in [-0.4, -0.2) is 87.5 Å². The van der Waals surface area contributed by atoms with E-state index in [2.05, 4.69) is 79.9 Å². The van der Waals surface area contributed by atoms with Crippen LogP contribution in [0, 0.1) is 0 Å². The highest BCUT2D eigenvalue weighted by atomic mass is 16.7. The summed E-state index contributed by atoms with van der Waals surface area (Å²) in [6, 6.07) is -0.834. The van der Waals surface area contributed by atoms with E-state index in [9.17, 15) is 30.3 Å². The van der Waals surface area contributed by atoms with Gasteiger partial charge in [0.05, 0.1) is 25.4 Å². The Morgan fingerprint density at radius 2 is 0.779 bits per heavy atom. The topological polar surface area (TPSA) is 149 Å². The molecule has 7 atom stereocenters. The zero-order valence-electron chi connectivity index (χ0n) is 50.0. The SMILES string of the molecule is CCCCCCC/C=C\C/C=C\C/C=C\CCCCCCCCCCCCCCC(=O)NC(COC1OC(CO)C(O)C(O)C1O)C(O)/C=C/CC/C=C/CC/C=C/CCCCCCCCCCCCCCCCCCC. The summed E-state index contributed by atoms with van der Waals surface area (Å²) in [5.41, 5.74) is 0. The van der Waals surface area contributed by atoms with E-state index in [0.29, 0.717) is 6.42 Å².